The van der Waals surface area contributed by atoms with Crippen LogP contribution in [0.25, 0.3) is 0 Å². The lowest BCUT2D eigenvalue weighted by Crippen LogP contribution is -2.63. The van der Waals surface area contributed by atoms with Crippen LogP contribution in [0, 0.1) is 11.8 Å². The number of anilines is 3. The second-order valence-corrected chi connectivity index (χ2v) is 13.0. The number of phenolic OH excluding ortho intramolecular Hbond substituents is 1. The van der Waals surface area contributed by atoms with Gasteiger partial charge >= 0.3 is 12.4 Å². The molecule has 0 saturated heterocycles. The number of nitrogens with one attached hydrogen (secondary N) is 2. The van der Waals surface area contributed by atoms with Gasteiger partial charge < -0.3 is 41.7 Å². The van der Waals surface area contributed by atoms with Crippen LogP contribution in [0.2, 0.25) is 0 Å². The summed E-state index contributed by atoms with van der Waals surface area (Å²) in [7, 11) is 6.17. The molecule has 0 spiro atoms. The normalized spacial score (nSPS) is 23.5. The Hall–Kier alpha value is -5.23. The highest BCUT2D eigenvalue weighted by Gasteiger charge is 2.63. The summed E-state index contributed by atoms with van der Waals surface area (Å²) < 4.78 is 80.4. The van der Waals surface area contributed by atoms with Crippen LogP contribution < -0.4 is 21.3 Å². The first-order chi connectivity index (χ1) is 23.4. The van der Waals surface area contributed by atoms with Crippen molar-refractivity contribution in [1.82, 2.24) is 4.90 Å². The molecule has 18 heteroatoms. The predicted octanol–water partition coefficient (Wildman–Crippen LogP) is 4.22. The molecule has 0 fully saturated rings. The number of halogens is 6. The van der Waals surface area contributed by atoms with Crippen LogP contribution in [0.1, 0.15) is 33.5 Å². The smallest absolute Gasteiger partial charge is 0.416 e. The van der Waals surface area contributed by atoms with E-state index in [1.165, 1.54) is 25.1 Å². The van der Waals surface area contributed by atoms with Gasteiger partial charge in [0, 0.05) is 37.0 Å². The van der Waals surface area contributed by atoms with Crippen molar-refractivity contribution < 1.29 is 61.2 Å². The Morgan fingerprint density at radius 2 is 1.53 bits per heavy atom. The largest absolute Gasteiger partial charge is 0.510 e. The maximum absolute atomic E-state index is 14.2. The third-order valence-corrected chi connectivity index (χ3v) is 9.35. The zero-order chi connectivity index (χ0) is 38.3. The number of aliphatic hydroxyl groups is 3. The number of rotatable bonds is 7. The van der Waals surface area contributed by atoms with Crippen LogP contribution in [0.5, 0.6) is 5.75 Å². The van der Waals surface area contributed by atoms with Crippen molar-refractivity contribution in [1.29, 1.82) is 0 Å². The van der Waals surface area contributed by atoms with Gasteiger partial charge in [-0.3, -0.25) is 19.3 Å². The molecule has 51 heavy (non-hydrogen) atoms. The number of nitrogens with zero attached hydrogens (tertiary/aromatic N) is 2. The summed E-state index contributed by atoms with van der Waals surface area (Å²) >= 11 is 0. The number of aliphatic hydroxyl groups excluding tert-OH is 2. The quantitative estimate of drug-likeness (QED) is 0.123. The number of alkyl halides is 6. The summed E-state index contributed by atoms with van der Waals surface area (Å²) in [6.07, 6.45) is -10.4. The average Bonchev–Trinajstić information content (AvgIpc) is 2.98. The number of hydrogen-bond acceptors (Lipinski definition) is 11. The topological polar surface area (TPSA) is 189 Å². The number of carbonyl (C=O) groups excluding carboxylic acids is 3. The van der Waals surface area contributed by atoms with Gasteiger partial charge in [-0.25, -0.2) is 0 Å². The summed E-state index contributed by atoms with van der Waals surface area (Å²) in [5, 5.41) is 50.5. The Morgan fingerprint density at radius 3 is 2.02 bits per heavy atom. The van der Waals surface area contributed by atoms with Crippen LogP contribution in [0.15, 0.2) is 59.3 Å². The molecule has 0 saturated carbocycles. The zero-order valence-corrected chi connectivity index (χ0v) is 27.4. The molecule has 0 aliphatic heterocycles. The maximum atomic E-state index is 14.2. The van der Waals surface area contributed by atoms with E-state index in [2.05, 4.69) is 17.2 Å². The summed E-state index contributed by atoms with van der Waals surface area (Å²) in [6, 6.07) is 0.960. The van der Waals surface area contributed by atoms with Crippen LogP contribution in [-0.4, -0.2) is 82.6 Å². The number of Topliss-reactive ketones (excluding diaryl/α,β-unsaturated/α-hetero) is 2. The molecule has 5 rings (SSSR count). The van der Waals surface area contributed by atoms with E-state index in [9.17, 15) is 61.2 Å². The first kappa shape index (κ1) is 37.0. The van der Waals surface area contributed by atoms with E-state index < -0.39 is 110 Å². The minimum atomic E-state index is -5.12. The fourth-order valence-corrected chi connectivity index (χ4v) is 7.19. The molecular weight excluding hydrogens is 692 g/mol. The lowest BCUT2D eigenvalue weighted by molar-refractivity contribution is -0.148. The molecule has 0 radical (unpaired) electrons. The van der Waals surface area contributed by atoms with Crippen LogP contribution in [0.3, 0.4) is 0 Å². The zero-order valence-electron chi connectivity index (χ0n) is 27.4. The van der Waals surface area contributed by atoms with Crippen molar-refractivity contribution in [2.75, 3.05) is 43.7 Å². The third kappa shape index (κ3) is 6.01. The lowest BCUT2D eigenvalue weighted by atomic mass is 9.58. The number of aromatic hydroxyl groups is 1. The number of benzene rings is 2. The molecule has 2 aromatic rings. The second-order valence-electron chi connectivity index (χ2n) is 13.0. The molecule has 8 N–H and O–H groups in total. The van der Waals surface area contributed by atoms with E-state index in [4.69, 9.17) is 5.73 Å². The average molecular weight is 726 g/mol. The maximum Gasteiger partial charge on any atom is 0.416 e. The van der Waals surface area contributed by atoms with Gasteiger partial charge in [0.05, 0.1) is 28.4 Å². The Balaban J connectivity index is 1.59. The molecule has 4 atom stereocenters. The number of likely N-dealkylation sites (N-methyl/N-ethyl adjacent to an activating group) is 1. The minimum Gasteiger partial charge on any atom is -0.510 e. The van der Waals surface area contributed by atoms with Gasteiger partial charge in [-0.15, -0.1) is 0 Å². The fourth-order valence-electron chi connectivity index (χ4n) is 7.19. The van der Waals surface area contributed by atoms with Gasteiger partial charge in [0.15, 0.2) is 17.1 Å². The number of allylic oxidation sites excluding steroid dienone is 1. The summed E-state index contributed by atoms with van der Waals surface area (Å²) in [5.74, 6) is -8.91. The summed E-state index contributed by atoms with van der Waals surface area (Å²) in [6.45, 7) is 3.58. The van der Waals surface area contributed by atoms with Crippen LogP contribution >= 0.6 is 0 Å². The number of hydrogen-bond donors (Lipinski definition) is 7. The van der Waals surface area contributed by atoms with E-state index >= 15 is 0 Å². The standard InChI is InChI=1S/C33H33F6N5O7/c1-12(41-16-9-14(32(34,35)36)8-15(10-16)33(37,38)39)42-19-11-20(43(2)3)17-6-13-7-18-24(44(4)5)27(47)23(30(40)50)29(49)31(18,51)28(48)21(13)26(46)22(17)25(19)45/h8-11,13,18,24,41-42,45,47-48,51H,1,6-7H2,2-5H3,(H2,40,50)/t13-,18-,24-,31-/m1/s1. The number of amides is 1. The van der Waals surface area contributed by atoms with Crippen molar-refractivity contribution >= 4 is 34.5 Å². The van der Waals surface area contributed by atoms with Gasteiger partial charge in [0.25, 0.3) is 5.91 Å². The van der Waals surface area contributed by atoms with Gasteiger partial charge in [-0.05, 0) is 62.7 Å². The molecule has 3 aliphatic rings. The highest BCUT2D eigenvalue weighted by molar-refractivity contribution is 6.25. The number of primary amides is 1. The SMILES string of the molecule is C=C(Nc1cc(C(F)(F)F)cc(C(F)(F)F)c1)Nc1cc(N(C)C)c2c(c1O)C(=O)C1=C(O)[C@@]3(O)C(=O)C(C(N)=O)=C(O)[C@H](N(C)C)[C@H]3C[C@H]1C2. The first-order valence-electron chi connectivity index (χ1n) is 15.1. The van der Waals surface area contributed by atoms with Gasteiger partial charge in [0.1, 0.15) is 22.9 Å². The molecular formula is C33H33F6N5O7. The Morgan fingerprint density at radius 1 is 0.961 bits per heavy atom. The van der Waals surface area contributed by atoms with Gasteiger partial charge in [0.2, 0.25) is 5.78 Å². The second kappa shape index (κ2) is 12.2. The fraction of sp³-hybridized carbons (Fsp3) is 0.364. The molecule has 12 nitrogen and oxygen atoms in total. The molecule has 0 unspecified atom stereocenters. The highest BCUT2D eigenvalue weighted by atomic mass is 19.4. The summed E-state index contributed by atoms with van der Waals surface area (Å²) in [5.41, 5.74) is -2.84. The van der Waals surface area contributed by atoms with Crippen LogP contribution in [-0.2, 0) is 28.4 Å². The Labute approximate surface area is 286 Å². The number of phenols is 1. The van der Waals surface area contributed by atoms with Crippen molar-refractivity contribution in [3.05, 3.63) is 81.6 Å². The van der Waals surface area contributed by atoms with Crippen molar-refractivity contribution in [2.45, 2.75) is 36.8 Å². The van der Waals surface area contributed by atoms with E-state index in [0.717, 1.165) is 0 Å². The summed E-state index contributed by atoms with van der Waals surface area (Å²) in [4.78, 5) is 42.9. The lowest BCUT2D eigenvalue weighted by Gasteiger charge is -2.50. The third-order valence-electron chi connectivity index (χ3n) is 9.35. The minimum absolute atomic E-state index is 0.0421. The predicted molar refractivity (Wildman–Crippen MR) is 171 cm³/mol. The Bertz CT molecular complexity index is 1920. The highest BCUT2D eigenvalue weighted by Crippen LogP contribution is 2.54. The van der Waals surface area contributed by atoms with E-state index in [1.807, 2.05) is 0 Å². The van der Waals surface area contributed by atoms with Gasteiger partial charge in [-0.1, -0.05) is 6.58 Å². The van der Waals surface area contributed by atoms with Crippen molar-refractivity contribution in [3.63, 3.8) is 0 Å². The van der Waals surface area contributed by atoms with E-state index in [1.54, 1.807) is 19.0 Å². The molecule has 0 heterocycles. The molecule has 3 aliphatic carbocycles. The first-order valence-corrected chi connectivity index (χ1v) is 15.1. The van der Waals surface area contributed by atoms with E-state index in [0.29, 0.717) is 17.8 Å². The number of fused-ring (bicyclic) bond motifs is 3. The molecule has 0 aromatic heterocycles. The van der Waals surface area contributed by atoms with Crippen LogP contribution in [0.4, 0.5) is 43.4 Å². The molecule has 2 aromatic carbocycles. The van der Waals surface area contributed by atoms with Crippen molar-refractivity contribution in [3.8, 4) is 5.75 Å². The number of carbonyl (C=O) groups is 3. The monoisotopic (exact) mass is 725 g/mol. The van der Waals surface area contributed by atoms with Gasteiger partial charge in [-0.2, -0.15) is 26.3 Å². The number of nitrogens with two attached hydrogens (primary N) is 1. The molecule has 274 valence electrons. The van der Waals surface area contributed by atoms with Crippen molar-refractivity contribution in [2.24, 2.45) is 17.6 Å². The van der Waals surface area contributed by atoms with E-state index in [-0.39, 0.29) is 30.2 Å². The molecule has 0 bridgehead atoms. The molecule has 1 amide bonds. The number of ketones is 2. The Kier molecular flexibility index (Phi) is 8.88.